The van der Waals surface area contributed by atoms with Crippen LogP contribution in [0.2, 0.25) is 0 Å². The fourth-order valence-electron chi connectivity index (χ4n) is 7.47. The van der Waals surface area contributed by atoms with Crippen molar-refractivity contribution in [3.63, 3.8) is 0 Å². The third-order valence-corrected chi connectivity index (χ3v) is 10.2. The molecule has 1 aliphatic heterocycles. The molecule has 7 aromatic rings. The van der Waals surface area contributed by atoms with E-state index >= 15 is 0 Å². The van der Waals surface area contributed by atoms with Gasteiger partial charge in [0.05, 0.1) is 5.69 Å². The van der Waals surface area contributed by atoms with Crippen LogP contribution in [0.3, 0.4) is 0 Å². The third-order valence-electron chi connectivity index (χ3n) is 10.2. The normalized spacial score (nSPS) is 13.3. The minimum atomic E-state index is -0.0911. The van der Waals surface area contributed by atoms with Gasteiger partial charge < -0.3 is 19.1 Å². The molecule has 0 fully saturated rings. The summed E-state index contributed by atoms with van der Waals surface area (Å²) in [6.07, 6.45) is 3.77. The molecular formula is C48H48N5OPt-3. The van der Waals surface area contributed by atoms with Gasteiger partial charge in [-0.2, -0.15) is 12.1 Å². The molecule has 0 saturated carbocycles. The Labute approximate surface area is 340 Å². The molecule has 0 aliphatic carbocycles. The number of fused-ring (bicyclic) bond motifs is 4. The van der Waals surface area contributed by atoms with Crippen molar-refractivity contribution in [1.82, 2.24) is 14.5 Å². The number of rotatable bonds is 5. The van der Waals surface area contributed by atoms with E-state index in [0.29, 0.717) is 11.5 Å². The first-order valence-corrected chi connectivity index (χ1v) is 18.7. The molecule has 0 bridgehead atoms. The number of para-hydroxylation sites is 1. The van der Waals surface area contributed by atoms with Crippen LogP contribution in [0, 0.1) is 25.7 Å². The Bertz CT molecular complexity index is 2510. The fraction of sp³-hybridized carbons (Fsp3) is 0.271. The van der Waals surface area contributed by atoms with Crippen LogP contribution in [0.25, 0.3) is 27.6 Å². The van der Waals surface area contributed by atoms with Gasteiger partial charge in [0.1, 0.15) is 11.6 Å². The van der Waals surface area contributed by atoms with E-state index in [1.54, 1.807) is 0 Å². The summed E-state index contributed by atoms with van der Waals surface area (Å²) in [5, 5.41) is 2.24. The van der Waals surface area contributed by atoms with Gasteiger partial charge in [0, 0.05) is 56.2 Å². The molecule has 0 radical (unpaired) electrons. The Hall–Kier alpha value is -4.93. The van der Waals surface area contributed by atoms with Crippen molar-refractivity contribution in [3.8, 4) is 17.3 Å². The van der Waals surface area contributed by atoms with Crippen LogP contribution in [-0.2, 0) is 37.3 Å². The summed E-state index contributed by atoms with van der Waals surface area (Å²) in [7, 11) is 0. The summed E-state index contributed by atoms with van der Waals surface area (Å²) in [5.74, 6) is 2.94. The average molecular weight is 906 g/mol. The molecule has 1 aliphatic rings. The first kappa shape index (κ1) is 38.3. The SMILES string of the molecule is Cc1cc(C(C)(C)C)c(N2[CH-]N(c3[c-]c(Oc4[c-]c5c(cc4)c4ccccc4n5-c4cc(C(C)(C)C)ccn4)ccc3)c3cccnc32)c(C(C)(C)C)c1.[Pt]. The number of pyridine rings is 2. The summed E-state index contributed by atoms with van der Waals surface area (Å²) in [5.41, 5.74) is 9.85. The molecule has 0 N–H and O–H groups in total. The average Bonchev–Trinajstić information content (AvgIpc) is 3.66. The van der Waals surface area contributed by atoms with Crippen LogP contribution in [0.4, 0.5) is 22.9 Å². The molecule has 0 atom stereocenters. The van der Waals surface area contributed by atoms with Crippen molar-refractivity contribution in [2.24, 2.45) is 0 Å². The number of benzene rings is 4. The van der Waals surface area contributed by atoms with E-state index in [2.05, 4.69) is 169 Å². The number of anilines is 4. The molecule has 55 heavy (non-hydrogen) atoms. The third kappa shape index (κ3) is 7.06. The molecule has 0 unspecified atom stereocenters. The van der Waals surface area contributed by atoms with Gasteiger partial charge in [-0.25, -0.2) is 9.97 Å². The zero-order valence-corrected chi connectivity index (χ0v) is 35.6. The molecule has 284 valence electrons. The predicted molar refractivity (Wildman–Crippen MR) is 223 cm³/mol. The maximum absolute atomic E-state index is 6.58. The van der Waals surface area contributed by atoms with E-state index in [1.807, 2.05) is 36.7 Å². The van der Waals surface area contributed by atoms with Crippen molar-refractivity contribution in [3.05, 3.63) is 144 Å². The van der Waals surface area contributed by atoms with E-state index in [1.165, 1.54) is 27.9 Å². The second kappa shape index (κ2) is 14.0. The summed E-state index contributed by atoms with van der Waals surface area (Å²) in [6, 6.07) is 38.8. The number of hydrogen-bond donors (Lipinski definition) is 0. The summed E-state index contributed by atoms with van der Waals surface area (Å²) < 4.78 is 8.77. The van der Waals surface area contributed by atoms with E-state index < -0.39 is 0 Å². The molecule has 4 aromatic carbocycles. The first-order valence-electron chi connectivity index (χ1n) is 18.7. The fourth-order valence-corrected chi connectivity index (χ4v) is 7.47. The van der Waals surface area contributed by atoms with Gasteiger partial charge in [-0.15, -0.1) is 48.1 Å². The first-order chi connectivity index (χ1) is 25.6. The predicted octanol–water partition coefficient (Wildman–Crippen LogP) is 12.6. The molecule has 8 rings (SSSR count). The Balaban J connectivity index is 0.00000465. The summed E-state index contributed by atoms with van der Waals surface area (Å²) >= 11 is 0. The quantitative estimate of drug-likeness (QED) is 0.161. The minimum Gasteiger partial charge on any atom is -0.509 e. The largest absolute Gasteiger partial charge is 0.509 e. The minimum absolute atomic E-state index is 0. The molecule has 0 saturated heterocycles. The van der Waals surface area contributed by atoms with Crippen LogP contribution < -0.4 is 14.5 Å². The standard InChI is InChI=1S/C48H48N5O.Pt/c1-31-25-38(47(5,6)7)44(39(26-31)48(8,9)10)52-30-51(41-19-14-23-50-45(41)52)33-15-13-16-34(28-33)54-35-20-21-37-36-17-11-12-18-40(36)53(42(37)29-35)43-27-32(22-24-49-43)46(2,3)4;/h11-27,30H,1-10H3;/q-3;. The van der Waals surface area contributed by atoms with Gasteiger partial charge in [-0.05, 0) is 75.6 Å². The number of nitrogens with zero attached hydrogens (tertiary/aromatic N) is 5. The molecule has 4 heterocycles. The van der Waals surface area contributed by atoms with Crippen LogP contribution in [0.15, 0.2) is 103 Å². The number of aromatic nitrogens is 3. The van der Waals surface area contributed by atoms with Gasteiger partial charge in [0.2, 0.25) is 0 Å². The topological polar surface area (TPSA) is 46.4 Å². The maximum Gasteiger partial charge on any atom is 0.135 e. The van der Waals surface area contributed by atoms with Gasteiger partial charge in [-0.1, -0.05) is 104 Å². The summed E-state index contributed by atoms with van der Waals surface area (Å²) in [4.78, 5) is 14.2. The number of aryl methyl sites for hydroxylation is 1. The van der Waals surface area contributed by atoms with Crippen LogP contribution in [-0.4, -0.2) is 14.5 Å². The monoisotopic (exact) mass is 905 g/mol. The zero-order valence-electron chi connectivity index (χ0n) is 33.4. The van der Waals surface area contributed by atoms with Crippen LogP contribution in [0.5, 0.6) is 11.5 Å². The van der Waals surface area contributed by atoms with Crippen LogP contribution >= 0.6 is 0 Å². The van der Waals surface area contributed by atoms with Crippen LogP contribution in [0.1, 0.15) is 84.6 Å². The molecule has 7 heteroatoms. The summed E-state index contributed by atoms with van der Waals surface area (Å²) in [6.45, 7) is 24.7. The Morgan fingerprint density at radius 3 is 2.05 bits per heavy atom. The molecule has 0 amide bonds. The van der Waals surface area contributed by atoms with E-state index in [0.717, 1.165) is 44.8 Å². The second-order valence-electron chi connectivity index (χ2n) is 17.5. The molecular weight excluding hydrogens is 858 g/mol. The van der Waals surface area contributed by atoms with Crippen molar-refractivity contribution in [2.45, 2.75) is 85.5 Å². The molecule has 0 spiro atoms. The van der Waals surface area contributed by atoms with Gasteiger partial charge >= 0.3 is 0 Å². The van der Waals surface area contributed by atoms with E-state index in [9.17, 15) is 0 Å². The number of ether oxygens (including phenoxy) is 1. The number of hydrogen-bond acceptors (Lipinski definition) is 5. The van der Waals surface area contributed by atoms with Gasteiger partial charge in [0.25, 0.3) is 0 Å². The van der Waals surface area contributed by atoms with Crippen molar-refractivity contribution in [1.29, 1.82) is 0 Å². The van der Waals surface area contributed by atoms with Crippen molar-refractivity contribution in [2.75, 3.05) is 9.80 Å². The van der Waals surface area contributed by atoms with Crippen molar-refractivity contribution < 1.29 is 25.8 Å². The van der Waals surface area contributed by atoms with Gasteiger partial charge in [0.15, 0.2) is 0 Å². The van der Waals surface area contributed by atoms with E-state index in [-0.39, 0.29) is 37.3 Å². The maximum atomic E-state index is 6.58. The molecule has 6 nitrogen and oxygen atoms in total. The van der Waals surface area contributed by atoms with Crippen molar-refractivity contribution >= 4 is 44.7 Å². The Kier molecular flexibility index (Phi) is 9.74. The van der Waals surface area contributed by atoms with Gasteiger partial charge in [-0.3, -0.25) is 0 Å². The zero-order chi connectivity index (χ0) is 38.2. The Morgan fingerprint density at radius 1 is 0.636 bits per heavy atom. The van der Waals surface area contributed by atoms with E-state index in [4.69, 9.17) is 14.7 Å². The Morgan fingerprint density at radius 2 is 1.35 bits per heavy atom. The smallest absolute Gasteiger partial charge is 0.135 e. The second-order valence-corrected chi connectivity index (χ2v) is 17.5. The molecule has 3 aromatic heterocycles.